The molecule has 1 aliphatic rings. The maximum Gasteiger partial charge on any atom is 0.264 e. The Kier molecular flexibility index (Phi) is 6.83. The van der Waals surface area contributed by atoms with Gasteiger partial charge < -0.3 is 15.5 Å². The zero-order chi connectivity index (χ0) is 22.8. The van der Waals surface area contributed by atoms with Crippen molar-refractivity contribution < 1.29 is 14.4 Å². The van der Waals surface area contributed by atoms with Crippen LogP contribution in [0.2, 0.25) is 0 Å². The number of hydrogen-bond acceptors (Lipinski definition) is 5. The standard InChI is InChI=1S/C22H31N5O3S/c1-6-27-13-16(12-23-27)24-19(28)15-7-9-26(10-8-15)20(29)18-14(2)11-17(31-18)25-21(30)22(3,4)5/h11-13,15H,6-10H2,1-5H3,(H,24,28)(H,25,30). The van der Waals surface area contributed by atoms with Crippen molar-refractivity contribution >= 4 is 39.7 Å². The second-order valence-electron chi connectivity index (χ2n) is 8.97. The van der Waals surface area contributed by atoms with Gasteiger partial charge in [-0.2, -0.15) is 5.10 Å². The van der Waals surface area contributed by atoms with E-state index in [1.54, 1.807) is 15.8 Å². The van der Waals surface area contributed by atoms with Crippen LogP contribution in [0.15, 0.2) is 18.5 Å². The van der Waals surface area contributed by atoms with Crippen LogP contribution in [0.3, 0.4) is 0 Å². The highest BCUT2D eigenvalue weighted by atomic mass is 32.1. The fraction of sp³-hybridized carbons (Fsp3) is 0.545. The molecular weight excluding hydrogens is 414 g/mol. The molecule has 31 heavy (non-hydrogen) atoms. The second kappa shape index (κ2) is 9.21. The lowest BCUT2D eigenvalue weighted by Crippen LogP contribution is -2.41. The van der Waals surface area contributed by atoms with Crippen LogP contribution in [0.25, 0.3) is 0 Å². The summed E-state index contributed by atoms with van der Waals surface area (Å²) in [6.45, 7) is 11.2. The minimum atomic E-state index is -0.500. The number of carbonyl (C=O) groups is 3. The van der Waals surface area contributed by atoms with Gasteiger partial charge in [-0.05, 0) is 38.3 Å². The molecule has 3 rings (SSSR count). The first kappa shape index (κ1) is 23.0. The molecule has 0 aromatic carbocycles. The number of thiophene rings is 1. The van der Waals surface area contributed by atoms with Crippen molar-refractivity contribution in [3.63, 3.8) is 0 Å². The molecule has 1 saturated heterocycles. The minimum absolute atomic E-state index is 0.0257. The van der Waals surface area contributed by atoms with Crippen molar-refractivity contribution in [3.8, 4) is 0 Å². The van der Waals surface area contributed by atoms with Gasteiger partial charge in [0.1, 0.15) is 0 Å². The largest absolute Gasteiger partial charge is 0.338 e. The Morgan fingerprint density at radius 3 is 2.45 bits per heavy atom. The van der Waals surface area contributed by atoms with E-state index in [1.165, 1.54) is 11.3 Å². The normalized spacial score (nSPS) is 15.1. The molecule has 3 amide bonds. The van der Waals surface area contributed by atoms with E-state index in [4.69, 9.17) is 0 Å². The third-order valence-corrected chi connectivity index (χ3v) is 6.55. The van der Waals surface area contributed by atoms with E-state index in [-0.39, 0.29) is 23.6 Å². The number of likely N-dealkylation sites (tertiary alicyclic amines) is 1. The monoisotopic (exact) mass is 445 g/mol. The fourth-order valence-electron chi connectivity index (χ4n) is 3.39. The first-order chi connectivity index (χ1) is 14.6. The number of carbonyl (C=O) groups excluding carboxylic acids is 3. The van der Waals surface area contributed by atoms with Gasteiger partial charge in [0.25, 0.3) is 5.91 Å². The predicted octanol–water partition coefficient (Wildman–Crippen LogP) is 3.75. The number of anilines is 2. The Labute approximate surface area is 187 Å². The highest BCUT2D eigenvalue weighted by molar-refractivity contribution is 7.18. The summed E-state index contributed by atoms with van der Waals surface area (Å²) in [5.41, 5.74) is 1.05. The van der Waals surface area contributed by atoms with Gasteiger partial charge >= 0.3 is 0 Å². The predicted molar refractivity (Wildman–Crippen MR) is 122 cm³/mol. The van der Waals surface area contributed by atoms with E-state index in [0.29, 0.717) is 41.5 Å². The molecule has 168 valence electrons. The minimum Gasteiger partial charge on any atom is -0.338 e. The van der Waals surface area contributed by atoms with Gasteiger partial charge in [0.2, 0.25) is 11.8 Å². The lowest BCUT2D eigenvalue weighted by molar-refractivity contribution is -0.123. The van der Waals surface area contributed by atoms with Gasteiger partial charge in [-0.1, -0.05) is 20.8 Å². The Hall–Kier alpha value is -2.68. The van der Waals surface area contributed by atoms with E-state index in [0.717, 1.165) is 12.1 Å². The molecule has 0 atom stereocenters. The Morgan fingerprint density at radius 2 is 1.87 bits per heavy atom. The van der Waals surface area contributed by atoms with Crippen molar-refractivity contribution in [1.82, 2.24) is 14.7 Å². The molecule has 9 heteroatoms. The molecule has 2 aromatic heterocycles. The smallest absolute Gasteiger partial charge is 0.264 e. The molecular formula is C22H31N5O3S. The summed E-state index contributed by atoms with van der Waals surface area (Å²) in [5, 5.41) is 10.7. The van der Waals surface area contributed by atoms with Crippen LogP contribution in [-0.2, 0) is 16.1 Å². The summed E-state index contributed by atoms with van der Waals surface area (Å²) in [4.78, 5) is 40.3. The number of piperidine rings is 1. The van der Waals surface area contributed by atoms with E-state index in [1.807, 2.05) is 46.9 Å². The van der Waals surface area contributed by atoms with Gasteiger partial charge in [-0.3, -0.25) is 19.1 Å². The lowest BCUT2D eigenvalue weighted by atomic mass is 9.95. The number of aryl methyl sites for hydroxylation is 2. The van der Waals surface area contributed by atoms with Crippen molar-refractivity contribution in [3.05, 3.63) is 28.9 Å². The molecule has 1 aliphatic heterocycles. The highest BCUT2D eigenvalue weighted by Crippen LogP contribution is 2.31. The van der Waals surface area contributed by atoms with Gasteiger partial charge in [0.15, 0.2) is 0 Å². The number of nitrogens with one attached hydrogen (secondary N) is 2. The third-order valence-electron chi connectivity index (χ3n) is 5.41. The molecule has 0 saturated carbocycles. The molecule has 0 spiro atoms. The van der Waals surface area contributed by atoms with Crippen LogP contribution in [0.5, 0.6) is 0 Å². The molecule has 1 fully saturated rings. The third kappa shape index (κ3) is 5.52. The molecule has 3 heterocycles. The number of aromatic nitrogens is 2. The Bertz CT molecular complexity index is 964. The number of nitrogens with zero attached hydrogens (tertiary/aromatic N) is 3. The molecule has 0 unspecified atom stereocenters. The van der Waals surface area contributed by atoms with Crippen LogP contribution >= 0.6 is 11.3 Å². The average molecular weight is 446 g/mol. The zero-order valence-electron chi connectivity index (χ0n) is 18.8. The molecule has 8 nitrogen and oxygen atoms in total. The van der Waals surface area contributed by atoms with Crippen molar-refractivity contribution in [2.24, 2.45) is 11.3 Å². The molecule has 0 aliphatic carbocycles. The van der Waals surface area contributed by atoms with Crippen LogP contribution in [0, 0.1) is 18.3 Å². The van der Waals surface area contributed by atoms with E-state index >= 15 is 0 Å². The summed E-state index contributed by atoms with van der Waals surface area (Å²) in [6, 6.07) is 1.85. The maximum absolute atomic E-state index is 13.0. The van der Waals surface area contributed by atoms with Gasteiger partial charge in [0, 0.05) is 37.2 Å². The van der Waals surface area contributed by atoms with E-state index < -0.39 is 5.41 Å². The van der Waals surface area contributed by atoms with Crippen molar-refractivity contribution in [2.75, 3.05) is 23.7 Å². The van der Waals surface area contributed by atoms with Crippen molar-refractivity contribution in [1.29, 1.82) is 0 Å². The highest BCUT2D eigenvalue weighted by Gasteiger charge is 2.30. The second-order valence-corrected chi connectivity index (χ2v) is 10.0. The van der Waals surface area contributed by atoms with Crippen LogP contribution in [0.1, 0.15) is 55.8 Å². The maximum atomic E-state index is 13.0. The zero-order valence-corrected chi connectivity index (χ0v) is 19.6. The first-order valence-electron chi connectivity index (χ1n) is 10.6. The van der Waals surface area contributed by atoms with Crippen molar-refractivity contribution in [2.45, 2.75) is 54.0 Å². The quantitative estimate of drug-likeness (QED) is 0.733. The molecule has 0 bridgehead atoms. The Morgan fingerprint density at radius 1 is 1.19 bits per heavy atom. The van der Waals surface area contributed by atoms with Gasteiger partial charge in [0.05, 0.1) is 21.8 Å². The summed E-state index contributed by atoms with van der Waals surface area (Å²) in [6.07, 6.45) is 4.71. The van der Waals surface area contributed by atoms with Crippen LogP contribution in [-0.4, -0.2) is 45.5 Å². The lowest BCUT2D eigenvalue weighted by Gasteiger charge is -2.31. The summed E-state index contributed by atoms with van der Waals surface area (Å²) in [5.74, 6) is -0.270. The van der Waals surface area contributed by atoms with E-state index in [2.05, 4.69) is 15.7 Å². The van der Waals surface area contributed by atoms with Crippen LogP contribution in [0.4, 0.5) is 10.7 Å². The summed E-state index contributed by atoms with van der Waals surface area (Å²) in [7, 11) is 0. The number of amides is 3. The van der Waals surface area contributed by atoms with E-state index in [9.17, 15) is 14.4 Å². The number of hydrogen-bond donors (Lipinski definition) is 2. The first-order valence-corrected chi connectivity index (χ1v) is 11.4. The van der Waals surface area contributed by atoms with Crippen LogP contribution < -0.4 is 10.6 Å². The topological polar surface area (TPSA) is 96.3 Å². The number of rotatable bonds is 5. The van der Waals surface area contributed by atoms with Gasteiger partial charge in [-0.15, -0.1) is 11.3 Å². The fourth-order valence-corrected chi connectivity index (χ4v) is 4.42. The summed E-state index contributed by atoms with van der Waals surface area (Å²) >= 11 is 1.31. The molecule has 2 aromatic rings. The molecule has 0 radical (unpaired) electrons. The SMILES string of the molecule is CCn1cc(NC(=O)C2CCN(C(=O)c3sc(NC(=O)C(C)(C)C)cc3C)CC2)cn1. The Balaban J connectivity index is 1.56. The van der Waals surface area contributed by atoms with Gasteiger partial charge in [-0.25, -0.2) is 0 Å². The summed E-state index contributed by atoms with van der Waals surface area (Å²) < 4.78 is 1.76. The molecule has 2 N–H and O–H groups in total. The average Bonchev–Trinajstić information content (AvgIpc) is 3.32.